The summed E-state index contributed by atoms with van der Waals surface area (Å²) in [4.78, 5) is 3.49. The maximum atomic E-state index is 12.3. The molecule has 14 heavy (non-hydrogen) atoms. The summed E-state index contributed by atoms with van der Waals surface area (Å²) in [6.07, 6.45) is -1.53. The Morgan fingerprint density at radius 1 is 1.57 bits per heavy atom. The number of hydrogen-bond acceptors (Lipinski definition) is 2. The molecular formula is C8H7Cl2F2NO. The number of halogens is 4. The van der Waals surface area contributed by atoms with Crippen LogP contribution >= 0.6 is 23.2 Å². The van der Waals surface area contributed by atoms with Gasteiger partial charge in [0.25, 0.3) is 6.43 Å². The van der Waals surface area contributed by atoms with Crippen LogP contribution in [0.15, 0.2) is 6.20 Å². The van der Waals surface area contributed by atoms with Crippen LogP contribution in [0, 0.1) is 0 Å². The Bertz CT molecular complexity index is 333. The van der Waals surface area contributed by atoms with Crippen molar-refractivity contribution in [2.24, 2.45) is 0 Å². The van der Waals surface area contributed by atoms with Crippen LogP contribution in [0.25, 0.3) is 0 Å². The van der Waals surface area contributed by atoms with Crippen LogP contribution < -0.4 is 4.74 Å². The van der Waals surface area contributed by atoms with E-state index in [0.717, 1.165) is 0 Å². The smallest absolute Gasteiger partial charge is 0.281 e. The van der Waals surface area contributed by atoms with E-state index in [-0.39, 0.29) is 10.9 Å². The number of ether oxygens (including phenoxy) is 1. The first-order valence-corrected chi connectivity index (χ1v) is 4.58. The molecular weight excluding hydrogens is 235 g/mol. The minimum atomic E-state index is -2.71. The molecule has 0 atom stereocenters. The lowest BCUT2D eigenvalue weighted by Gasteiger charge is -2.10. The lowest BCUT2D eigenvalue weighted by Crippen LogP contribution is -1.98. The molecule has 0 aliphatic carbocycles. The maximum absolute atomic E-state index is 12.3. The summed E-state index contributed by atoms with van der Waals surface area (Å²) in [5.74, 6) is 0.318. The molecule has 1 aromatic heterocycles. The molecule has 0 aliphatic rings. The average molecular weight is 242 g/mol. The number of aromatic nitrogens is 1. The molecule has 0 saturated carbocycles. The lowest BCUT2D eigenvalue weighted by atomic mass is 10.2. The van der Waals surface area contributed by atoms with Crippen molar-refractivity contribution in [3.8, 4) is 5.75 Å². The van der Waals surface area contributed by atoms with Crippen LogP contribution in [0.5, 0.6) is 5.75 Å². The molecule has 1 heterocycles. The second-order valence-corrected chi connectivity index (χ2v) is 3.08. The Morgan fingerprint density at radius 3 is 2.64 bits per heavy atom. The van der Waals surface area contributed by atoms with E-state index >= 15 is 0 Å². The number of nitrogens with zero attached hydrogens (tertiary/aromatic N) is 1. The predicted octanol–water partition coefficient (Wildman–Crippen LogP) is 3.42. The molecule has 0 aliphatic heterocycles. The molecule has 0 amide bonds. The maximum Gasteiger partial charge on any atom is 0.281 e. The van der Waals surface area contributed by atoms with Gasteiger partial charge in [-0.1, -0.05) is 11.6 Å². The van der Waals surface area contributed by atoms with E-state index < -0.39 is 12.1 Å². The molecule has 0 bridgehead atoms. The average Bonchev–Trinajstić information content (AvgIpc) is 2.16. The predicted molar refractivity (Wildman–Crippen MR) is 50.3 cm³/mol. The van der Waals surface area contributed by atoms with Gasteiger partial charge < -0.3 is 4.74 Å². The van der Waals surface area contributed by atoms with Crippen LogP contribution in [0.4, 0.5) is 8.78 Å². The molecule has 0 spiro atoms. The molecule has 0 unspecified atom stereocenters. The van der Waals surface area contributed by atoms with Gasteiger partial charge in [0.15, 0.2) is 0 Å². The quantitative estimate of drug-likeness (QED) is 0.757. The first-order chi connectivity index (χ1) is 6.61. The van der Waals surface area contributed by atoms with Crippen molar-refractivity contribution in [3.05, 3.63) is 22.5 Å². The van der Waals surface area contributed by atoms with Gasteiger partial charge in [0.2, 0.25) is 0 Å². The van der Waals surface area contributed by atoms with Crippen molar-refractivity contribution in [2.75, 3.05) is 7.11 Å². The second kappa shape index (κ2) is 4.75. The minimum Gasteiger partial charge on any atom is -0.495 e. The zero-order chi connectivity index (χ0) is 10.7. The van der Waals surface area contributed by atoms with Gasteiger partial charge in [-0.3, -0.25) is 0 Å². The van der Waals surface area contributed by atoms with Gasteiger partial charge in [0, 0.05) is 5.56 Å². The normalized spacial score (nSPS) is 10.7. The van der Waals surface area contributed by atoms with Crippen molar-refractivity contribution < 1.29 is 13.5 Å². The van der Waals surface area contributed by atoms with E-state index in [1.54, 1.807) is 0 Å². The Labute approximate surface area is 89.8 Å². The summed E-state index contributed by atoms with van der Waals surface area (Å²) in [5, 5.41) is -0.130. The largest absolute Gasteiger partial charge is 0.495 e. The first-order valence-electron chi connectivity index (χ1n) is 3.67. The third kappa shape index (κ3) is 2.07. The van der Waals surface area contributed by atoms with Crippen LogP contribution in [0.3, 0.4) is 0 Å². The zero-order valence-electron chi connectivity index (χ0n) is 7.23. The van der Waals surface area contributed by atoms with E-state index in [4.69, 9.17) is 27.9 Å². The van der Waals surface area contributed by atoms with Gasteiger partial charge in [-0.05, 0) is 0 Å². The Kier molecular flexibility index (Phi) is 3.89. The summed E-state index contributed by atoms with van der Waals surface area (Å²) in [5.41, 5.74) is -0.135. The van der Waals surface area contributed by atoms with Gasteiger partial charge in [0.05, 0.1) is 24.2 Å². The Morgan fingerprint density at radius 2 is 2.21 bits per heavy atom. The van der Waals surface area contributed by atoms with Crippen LogP contribution in [0.1, 0.15) is 17.7 Å². The molecule has 0 N–H and O–H groups in total. The molecule has 6 heteroatoms. The Hall–Kier alpha value is -0.610. The minimum absolute atomic E-state index is 0.00421. The highest BCUT2D eigenvalue weighted by atomic mass is 35.5. The van der Waals surface area contributed by atoms with E-state index in [1.165, 1.54) is 13.3 Å². The summed E-state index contributed by atoms with van der Waals surface area (Å²) in [6, 6.07) is 0. The number of alkyl halides is 3. The monoisotopic (exact) mass is 241 g/mol. The molecule has 2 nitrogen and oxygen atoms in total. The van der Waals surface area contributed by atoms with Gasteiger partial charge in [-0.2, -0.15) is 0 Å². The number of hydrogen-bond donors (Lipinski definition) is 0. The number of rotatable bonds is 3. The molecule has 0 radical (unpaired) electrons. The third-order valence-electron chi connectivity index (χ3n) is 1.67. The fourth-order valence-electron chi connectivity index (χ4n) is 0.978. The molecule has 1 rings (SSSR count). The second-order valence-electron chi connectivity index (χ2n) is 2.44. The molecule has 1 aromatic rings. The van der Waals surface area contributed by atoms with Gasteiger partial charge >= 0.3 is 0 Å². The first kappa shape index (κ1) is 11.5. The number of methoxy groups -OCH3 is 1. The SMILES string of the molecule is COc1cnc(C(F)F)c(Cl)c1CCl. The topological polar surface area (TPSA) is 22.1 Å². The molecule has 0 fully saturated rings. The van der Waals surface area contributed by atoms with Crippen LogP contribution in [0.2, 0.25) is 5.02 Å². The van der Waals surface area contributed by atoms with Crippen molar-refractivity contribution in [3.63, 3.8) is 0 Å². The fraction of sp³-hybridized carbons (Fsp3) is 0.375. The summed E-state index contributed by atoms with van der Waals surface area (Å²) >= 11 is 11.2. The van der Waals surface area contributed by atoms with E-state index in [9.17, 15) is 8.78 Å². The third-order valence-corrected chi connectivity index (χ3v) is 2.36. The van der Waals surface area contributed by atoms with E-state index in [1.807, 2.05) is 0 Å². The van der Waals surface area contributed by atoms with Crippen LogP contribution in [-0.2, 0) is 5.88 Å². The van der Waals surface area contributed by atoms with Gasteiger partial charge in [-0.15, -0.1) is 11.6 Å². The molecule has 0 saturated heterocycles. The van der Waals surface area contributed by atoms with Crippen molar-refractivity contribution in [1.29, 1.82) is 0 Å². The van der Waals surface area contributed by atoms with Crippen molar-refractivity contribution in [2.45, 2.75) is 12.3 Å². The highest BCUT2D eigenvalue weighted by Crippen LogP contribution is 2.33. The van der Waals surface area contributed by atoms with E-state index in [0.29, 0.717) is 11.3 Å². The number of pyridine rings is 1. The van der Waals surface area contributed by atoms with Crippen LogP contribution in [-0.4, -0.2) is 12.1 Å². The summed E-state index contributed by atoms with van der Waals surface area (Å²) in [6.45, 7) is 0. The zero-order valence-corrected chi connectivity index (χ0v) is 8.74. The van der Waals surface area contributed by atoms with Crippen molar-refractivity contribution in [1.82, 2.24) is 4.98 Å². The Balaban J connectivity index is 3.27. The highest BCUT2D eigenvalue weighted by molar-refractivity contribution is 6.33. The lowest BCUT2D eigenvalue weighted by molar-refractivity contribution is 0.146. The molecule has 0 aromatic carbocycles. The van der Waals surface area contributed by atoms with Gasteiger partial charge in [0.1, 0.15) is 11.4 Å². The van der Waals surface area contributed by atoms with E-state index in [2.05, 4.69) is 4.98 Å². The fourth-order valence-corrected chi connectivity index (χ4v) is 1.60. The molecule has 78 valence electrons. The van der Waals surface area contributed by atoms with Gasteiger partial charge in [-0.25, -0.2) is 13.8 Å². The summed E-state index contributed by atoms with van der Waals surface area (Å²) < 4.78 is 29.6. The highest BCUT2D eigenvalue weighted by Gasteiger charge is 2.19. The summed E-state index contributed by atoms with van der Waals surface area (Å²) in [7, 11) is 1.39. The standard InChI is InChI=1S/C8H7Cl2F2NO/c1-14-5-3-13-7(8(11)12)6(10)4(5)2-9/h3,8H,2H2,1H3. The van der Waals surface area contributed by atoms with Crippen molar-refractivity contribution >= 4 is 23.2 Å².